The van der Waals surface area contributed by atoms with E-state index >= 15 is 0 Å². The lowest BCUT2D eigenvalue weighted by molar-refractivity contribution is -0.0966. The highest BCUT2D eigenvalue weighted by atomic mass is 79.9. The minimum Gasteiger partial charge on any atom is -0.378 e. The maximum absolute atomic E-state index is 5.87. The zero-order valence-electron chi connectivity index (χ0n) is 8.98. The van der Waals surface area contributed by atoms with Gasteiger partial charge in [0, 0.05) is 16.8 Å². The second kappa shape index (κ2) is 4.79. The van der Waals surface area contributed by atoms with Gasteiger partial charge >= 0.3 is 0 Å². The third kappa shape index (κ3) is 2.27. The van der Waals surface area contributed by atoms with Gasteiger partial charge in [0.15, 0.2) is 0 Å². The summed E-state index contributed by atoms with van der Waals surface area (Å²) in [7, 11) is 0. The van der Waals surface area contributed by atoms with E-state index in [9.17, 15) is 0 Å². The van der Waals surface area contributed by atoms with E-state index in [1.807, 2.05) is 0 Å². The SMILES string of the molecule is CCCCOC1CC(Br)C1(C)CC. The first kappa shape index (κ1) is 11.5. The van der Waals surface area contributed by atoms with E-state index in [1.54, 1.807) is 0 Å². The van der Waals surface area contributed by atoms with Gasteiger partial charge in [-0.2, -0.15) is 0 Å². The van der Waals surface area contributed by atoms with Gasteiger partial charge in [-0.15, -0.1) is 0 Å². The normalized spacial score (nSPS) is 38.8. The molecule has 0 saturated heterocycles. The van der Waals surface area contributed by atoms with E-state index in [2.05, 4.69) is 36.7 Å². The molecule has 1 aliphatic rings. The molecule has 0 aromatic carbocycles. The molecule has 0 heterocycles. The molecular formula is C11H21BrO. The van der Waals surface area contributed by atoms with Gasteiger partial charge in [0.25, 0.3) is 0 Å². The molecule has 0 spiro atoms. The zero-order valence-corrected chi connectivity index (χ0v) is 10.6. The Balaban J connectivity index is 2.28. The van der Waals surface area contributed by atoms with Crippen LogP contribution in [0.2, 0.25) is 0 Å². The number of alkyl halides is 1. The Bertz CT molecular complexity index is 160. The molecule has 78 valence electrons. The minimum atomic E-state index is 0.383. The van der Waals surface area contributed by atoms with Crippen LogP contribution in [0.5, 0.6) is 0 Å². The summed E-state index contributed by atoms with van der Waals surface area (Å²) in [5.41, 5.74) is 0.383. The fraction of sp³-hybridized carbons (Fsp3) is 1.00. The van der Waals surface area contributed by atoms with E-state index in [4.69, 9.17) is 4.74 Å². The highest BCUT2D eigenvalue weighted by molar-refractivity contribution is 9.09. The summed E-state index contributed by atoms with van der Waals surface area (Å²) in [4.78, 5) is 0.664. The quantitative estimate of drug-likeness (QED) is 0.532. The number of halogens is 1. The molecule has 1 aliphatic carbocycles. The molecule has 1 nitrogen and oxygen atoms in total. The number of unbranched alkanes of at least 4 members (excludes halogenated alkanes) is 1. The average Bonchev–Trinajstić information content (AvgIpc) is 2.15. The maximum atomic E-state index is 5.87. The van der Waals surface area contributed by atoms with Crippen LogP contribution in [0.25, 0.3) is 0 Å². The van der Waals surface area contributed by atoms with E-state index in [-0.39, 0.29) is 0 Å². The molecule has 0 aliphatic heterocycles. The lowest BCUT2D eigenvalue weighted by Gasteiger charge is -2.51. The van der Waals surface area contributed by atoms with Crippen LogP contribution in [-0.2, 0) is 4.74 Å². The Morgan fingerprint density at radius 2 is 2.15 bits per heavy atom. The Kier molecular flexibility index (Phi) is 4.24. The van der Waals surface area contributed by atoms with E-state index in [0.717, 1.165) is 6.61 Å². The molecule has 0 aromatic heterocycles. The number of rotatable bonds is 5. The molecule has 13 heavy (non-hydrogen) atoms. The first-order valence-corrected chi connectivity index (χ1v) is 6.32. The van der Waals surface area contributed by atoms with Crippen LogP contribution in [-0.4, -0.2) is 17.5 Å². The van der Waals surface area contributed by atoms with Crippen LogP contribution >= 0.6 is 15.9 Å². The number of hydrogen-bond acceptors (Lipinski definition) is 1. The van der Waals surface area contributed by atoms with Gasteiger partial charge in [-0.25, -0.2) is 0 Å². The monoisotopic (exact) mass is 248 g/mol. The van der Waals surface area contributed by atoms with Crippen molar-refractivity contribution >= 4 is 15.9 Å². The van der Waals surface area contributed by atoms with Crippen molar-refractivity contribution in [2.75, 3.05) is 6.61 Å². The molecular weight excluding hydrogens is 228 g/mol. The van der Waals surface area contributed by atoms with Gasteiger partial charge < -0.3 is 4.74 Å². The third-order valence-corrected chi connectivity index (χ3v) is 4.87. The van der Waals surface area contributed by atoms with Crippen LogP contribution in [0.3, 0.4) is 0 Å². The standard InChI is InChI=1S/C11H21BrO/c1-4-6-7-13-10-8-9(12)11(10,3)5-2/h9-10H,4-8H2,1-3H3. The van der Waals surface area contributed by atoms with Crippen molar-refractivity contribution in [3.05, 3.63) is 0 Å². The van der Waals surface area contributed by atoms with Crippen molar-refractivity contribution in [3.63, 3.8) is 0 Å². The third-order valence-electron chi connectivity index (χ3n) is 3.45. The topological polar surface area (TPSA) is 9.23 Å². The molecule has 1 fully saturated rings. The first-order chi connectivity index (χ1) is 6.15. The van der Waals surface area contributed by atoms with Crippen LogP contribution in [0.15, 0.2) is 0 Å². The molecule has 3 atom stereocenters. The largest absolute Gasteiger partial charge is 0.378 e. The average molecular weight is 249 g/mol. The Hall–Kier alpha value is 0.440. The molecule has 0 radical (unpaired) electrons. The van der Waals surface area contributed by atoms with Crippen molar-refractivity contribution in [1.29, 1.82) is 0 Å². The summed E-state index contributed by atoms with van der Waals surface area (Å²) >= 11 is 3.71. The lowest BCUT2D eigenvalue weighted by atomic mass is 9.66. The second-order valence-electron chi connectivity index (χ2n) is 4.28. The van der Waals surface area contributed by atoms with Gasteiger partial charge in [-0.1, -0.05) is 43.1 Å². The summed E-state index contributed by atoms with van der Waals surface area (Å²) in [6, 6.07) is 0. The lowest BCUT2D eigenvalue weighted by Crippen LogP contribution is -2.53. The van der Waals surface area contributed by atoms with Gasteiger partial charge in [-0.3, -0.25) is 0 Å². The predicted molar refractivity (Wildman–Crippen MR) is 60.4 cm³/mol. The molecule has 1 rings (SSSR count). The maximum Gasteiger partial charge on any atom is 0.0650 e. The molecule has 0 aromatic rings. The molecule has 2 heteroatoms. The zero-order chi connectivity index (χ0) is 9.90. The van der Waals surface area contributed by atoms with Crippen molar-refractivity contribution in [2.45, 2.75) is 57.4 Å². The summed E-state index contributed by atoms with van der Waals surface area (Å²) in [5, 5.41) is 0. The summed E-state index contributed by atoms with van der Waals surface area (Å²) in [6.45, 7) is 7.73. The van der Waals surface area contributed by atoms with Crippen LogP contribution in [0, 0.1) is 5.41 Å². The smallest absolute Gasteiger partial charge is 0.0650 e. The van der Waals surface area contributed by atoms with Crippen molar-refractivity contribution in [2.24, 2.45) is 5.41 Å². The molecule has 3 unspecified atom stereocenters. The predicted octanol–water partition coefficient (Wildman–Crippen LogP) is 3.76. The van der Waals surface area contributed by atoms with Crippen LogP contribution in [0.4, 0.5) is 0 Å². The summed E-state index contributed by atoms with van der Waals surface area (Å²) in [6.07, 6.45) is 5.32. The van der Waals surface area contributed by atoms with Crippen LogP contribution in [0.1, 0.15) is 46.5 Å². The molecule has 1 saturated carbocycles. The van der Waals surface area contributed by atoms with Crippen LogP contribution < -0.4 is 0 Å². The fourth-order valence-electron chi connectivity index (χ4n) is 1.85. The van der Waals surface area contributed by atoms with E-state index in [0.29, 0.717) is 16.3 Å². The van der Waals surface area contributed by atoms with Gasteiger partial charge in [0.2, 0.25) is 0 Å². The van der Waals surface area contributed by atoms with Gasteiger partial charge in [0.05, 0.1) is 6.10 Å². The Morgan fingerprint density at radius 1 is 1.46 bits per heavy atom. The summed E-state index contributed by atoms with van der Waals surface area (Å²) in [5.74, 6) is 0. The minimum absolute atomic E-state index is 0.383. The van der Waals surface area contributed by atoms with Gasteiger partial charge in [-0.05, 0) is 19.3 Å². The molecule has 0 N–H and O–H groups in total. The highest BCUT2D eigenvalue weighted by Gasteiger charge is 2.49. The van der Waals surface area contributed by atoms with E-state index < -0.39 is 0 Å². The number of ether oxygens (including phenoxy) is 1. The molecule has 0 bridgehead atoms. The molecule has 0 amide bonds. The highest BCUT2D eigenvalue weighted by Crippen LogP contribution is 2.49. The van der Waals surface area contributed by atoms with Crippen molar-refractivity contribution < 1.29 is 4.74 Å². The Morgan fingerprint density at radius 3 is 2.62 bits per heavy atom. The number of hydrogen-bond donors (Lipinski definition) is 0. The van der Waals surface area contributed by atoms with Crippen molar-refractivity contribution in [1.82, 2.24) is 0 Å². The first-order valence-electron chi connectivity index (χ1n) is 5.40. The fourth-order valence-corrected chi connectivity index (χ4v) is 2.80. The van der Waals surface area contributed by atoms with Crippen molar-refractivity contribution in [3.8, 4) is 0 Å². The van der Waals surface area contributed by atoms with Gasteiger partial charge in [0.1, 0.15) is 0 Å². The van der Waals surface area contributed by atoms with E-state index in [1.165, 1.54) is 25.7 Å². The summed E-state index contributed by atoms with van der Waals surface area (Å²) < 4.78 is 5.87. The Labute approximate surface area is 90.4 Å². The second-order valence-corrected chi connectivity index (χ2v) is 5.38.